The van der Waals surface area contributed by atoms with Gasteiger partial charge in [0.05, 0.1) is 0 Å². The van der Waals surface area contributed by atoms with Crippen LogP contribution in [-0.4, -0.2) is 40.5 Å². The van der Waals surface area contributed by atoms with Gasteiger partial charge in [0, 0.05) is 17.4 Å². The van der Waals surface area contributed by atoms with Gasteiger partial charge in [0.1, 0.15) is 6.10 Å². The van der Waals surface area contributed by atoms with Gasteiger partial charge in [0.15, 0.2) is 5.78 Å². The Balaban J connectivity index is 1.89. The number of hydrogen-bond acceptors (Lipinski definition) is 3. The molecule has 104 valence electrons. The average molecular weight is 261 g/mol. The Morgan fingerprint density at radius 1 is 1.32 bits per heavy atom. The number of rotatable bonds is 0. The minimum atomic E-state index is -0.739. The van der Waals surface area contributed by atoms with Crippen molar-refractivity contribution in [2.45, 2.75) is 50.7 Å². The van der Waals surface area contributed by atoms with Gasteiger partial charge in [-0.2, -0.15) is 0 Å². The molecule has 2 aliphatic carbocycles. The van der Waals surface area contributed by atoms with E-state index in [0.29, 0.717) is 5.92 Å². The molecule has 1 N–H and O–H groups in total. The molecule has 0 aromatic carbocycles. The molecule has 5 atom stereocenters. The summed E-state index contributed by atoms with van der Waals surface area (Å²) in [5.74, 6) is 0.805. The fourth-order valence-corrected chi connectivity index (χ4v) is 5.67. The van der Waals surface area contributed by atoms with Crippen LogP contribution < -0.4 is 0 Å². The molecule has 4 aliphatic rings. The summed E-state index contributed by atoms with van der Waals surface area (Å²) in [6.45, 7) is 4.48. The Morgan fingerprint density at radius 3 is 2.84 bits per heavy atom. The van der Waals surface area contributed by atoms with E-state index in [1.54, 1.807) is 0 Å². The Labute approximate surface area is 114 Å². The monoisotopic (exact) mass is 261 g/mol. The van der Waals surface area contributed by atoms with E-state index < -0.39 is 6.10 Å². The van der Waals surface area contributed by atoms with E-state index in [1.807, 2.05) is 0 Å². The van der Waals surface area contributed by atoms with E-state index in [9.17, 15) is 9.90 Å². The van der Waals surface area contributed by atoms with E-state index in [-0.39, 0.29) is 23.2 Å². The van der Waals surface area contributed by atoms with Gasteiger partial charge in [-0.1, -0.05) is 11.6 Å². The zero-order chi connectivity index (χ0) is 13.2. The molecule has 1 spiro atoms. The first-order valence-electron chi connectivity index (χ1n) is 7.79. The molecular formula is C16H23NO2. The van der Waals surface area contributed by atoms with Crippen molar-refractivity contribution >= 4 is 5.78 Å². The predicted octanol–water partition coefficient (Wildman–Crippen LogP) is 1.76. The molecule has 19 heavy (non-hydrogen) atoms. The molecule has 2 saturated heterocycles. The highest BCUT2D eigenvalue weighted by molar-refractivity contribution is 5.89. The highest BCUT2D eigenvalue weighted by Gasteiger charge is 2.63. The van der Waals surface area contributed by atoms with Crippen LogP contribution in [-0.2, 0) is 4.79 Å². The van der Waals surface area contributed by atoms with E-state index in [2.05, 4.69) is 17.9 Å². The summed E-state index contributed by atoms with van der Waals surface area (Å²) in [5.41, 5.74) is 1.45. The van der Waals surface area contributed by atoms with Crippen LogP contribution in [0.15, 0.2) is 11.6 Å². The van der Waals surface area contributed by atoms with E-state index in [0.717, 1.165) is 32.4 Å². The number of nitrogens with zero attached hydrogens (tertiary/aromatic N) is 1. The van der Waals surface area contributed by atoms with Crippen LogP contribution in [0.1, 0.15) is 39.0 Å². The number of piperidine rings is 2. The van der Waals surface area contributed by atoms with Crippen molar-refractivity contribution in [3.05, 3.63) is 11.6 Å². The van der Waals surface area contributed by atoms with Gasteiger partial charge in [-0.3, -0.25) is 9.69 Å². The Morgan fingerprint density at radius 2 is 2.05 bits per heavy atom. The number of aliphatic hydroxyl groups is 1. The summed E-state index contributed by atoms with van der Waals surface area (Å²) in [7, 11) is 0. The van der Waals surface area contributed by atoms with Gasteiger partial charge < -0.3 is 5.11 Å². The van der Waals surface area contributed by atoms with Gasteiger partial charge in [-0.05, 0) is 58.0 Å². The molecule has 0 aromatic heterocycles. The van der Waals surface area contributed by atoms with E-state index in [4.69, 9.17) is 0 Å². The molecule has 0 unspecified atom stereocenters. The molecular weight excluding hydrogens is 238 g/mol. The number of Topliss-reactive ketones (excluding diaryl/α,β-unsaturated/α-hetero) is 1. The van der Waals surface area contributed by atoms with Crippen molar-refractivity contribution in [3.63, 3.8) is 0 Å². The van der Waals surface area contributed by atoms with Crippen LogP contribution in [0.2, 0.25) is 0 Å². The topological polar surface area (TPSA) is 40.5 Å². The standard InChI is InChI=1S/C16H23NO2/c1-10-8-11-12-4-2-6-17-7-3-5-13(15(19)14(11)18)16(12,17)9-10/h8,11-14,18H,2-7,9H2,1H3/t11-,12-,13+,14+,16-/m1/s1. The maximum atomic E-state index is 12.6. The fraction of sp³-hybridized carbons (Fsp3) is 0.812. The Hall–Kier alpha value is -0.670. The summed E-state index contributed by atoms with van der Waals surface area (Å²) in [5, 5.41) is 10.4. The van der Waals surface area contributed by atoms with Crippen LogP contribution >= 0.6 is 0 Å². The number of ketones is 1. The van der Waals surface area contributed by atoms with Crippen LogP contribution in [0.5, 0.6) is 0 Å². The summed E-state index contributed by atoms with van der Waals surface area (Å²) >= 11 is 0. The highest BCUT2D eigenvalue weighted by Crippen LogP contribution is 2.57. The molecule has 0 aromatic rings. The third-order valence-corrected chi connectivity index (χ3v) is 6.20. The fourth-order valence-electron chi connectivity index (χ4n) is 5.67. The molecule has 4 rings (SSSR count). The van der Waals surface area contributed by atoms with Crippen molar-refractivity contribution < 1.29 is 9.90 Å². The molecule has 3 fully saturated rings. The second-order valence-electron chi connectivity index (χ2n) is 7.04. The number of carbonyl (C=O) groups is 1. The van der Waals surface area contributed by atoms with Crippen LogP contribution in [0.25, 0.3) is 0 Å². The zero-order valence-electron chi connectivity index (χ0n) is 11.6. The first-order valence-corrected chi connectivity index (χ1v) is 7.79. The minimum absolute atomic E-state index is 0.0658. The largest absolute Gasteiger partial charge is 0.385 e. The minimum Gasteiger partial charge on any atom is -0.385 e. The van der Waals surface area contributed by atoms with Crippen LogP contribution in [0, 0.1) is 17.8 Å². The third-order valence-electron chi connectivity index (χ3n) is 6.20. The van der Waals surface area contributed by atoms with E-state index in [1.165, 1.54) is 18.4 Å². The summed E-state index contributed by atoms with van der Waals surface area (Å²) < 4.78 is 0. The summed E-state index contributed by atoms with van der Waals surface area (Å²) in [6, 6.07) is 0. The van der Waals surface area contributed by atoms with Gasteiger partial charge in [0.2, 0.25) is 0 Å². The summed E-state index contributed by atoms with van der Waals surface area (Å²) in [6.07, 6.45) is 7.03. The molecule has 3 heteroatoms. The van der Waals surface area contributed by atoms with Gasteiger partial charge in [-0.25, -0.2) is 0 Å². The van der Waals surface area contributed by atoms with Crippen molar-refractivity contribution in [1.82, 2.24) is 4.90 Å². The lowest BCUT2D eigenvalue weighted by Crippen LogP contribution is -2.72. The number of hydrogen-bond donors (Lipinski definition) is 1. The predicted molar refractivity (Wildman–Crippen MR) is 72.6 cm³/mol. The van der Waals surface area contributed by atoms with Gasteiger partial charge in [-0.15, -0.1) is 0 Å². The number of carbonyl (C=O) groups excluding carboxylic acids is 1. The highest BCUT2D eigenvalue weighted by atomic mass is 16.3. The molecule has 2 heterocycles. The molecule has 1 saturated carbocycles. The summed E-state index contributed by atoms with van der Waals surface area (Å²) in [4.78, 5) is 15.2. The second kappa shape index (κ2) is 3.92. The quantitative estimate of drug-likeness (QED) is 0.675. The SMILES string of the molecule is CC1=C[C@H]2[C@H](O)C(=O)[C@@H]3CCCN4CCC[C@H]2[C@]34C1. The van der Waals surface area contributed by atoms with Crippen molar-refractivity contribution in [1.29, 1.82) is 0 Å². The Kier molecular flexibility index (Phi) is 2.50. The lowest BCUT2D eigenvalue weighted by Gasteiger charge is -2.64. The normalized spacial score (nSPS) is 49.6. The number of aliphatic hydroxyl groups excluding tert-OH is 1. The van der Waals surface area contributed by atoms with Crippen LogP contribution in [0.3, 0.4) is 0 Å². The van der Waals surface area contributed by atoms with Gasteiger partial charge >= 0.3 is 0 Å². The van der Waals surface area contributed by atoms with Gasteiger partial charge in [0.25, 0.3) is 0 Å². The Bertz CT molecular complexity index is 456. The average Bonchev–Trinajstić information content (AvgIpc) is 2.40. The molecule has 2 bridgehead atoms. The maximum Gasteiger partial charge on any atom is 0.166 e. The molecule has 3 nitrogen and oxygen atoms in total. The molecule has 0 radical (unpaired) electrons. The van der Waals surface area contributed by atoms with Crippen molar-refractivity contribution in [3.8, 4) is 0 Å². The van der Waals surface area contributed by atoms with Crippen molar-refractivity contribution in [2.24, 2.45) is 17.8 Å². The lowest BCUT2D eigenvalue weighted by molar-refractivity contribution is -0.173. The van der Waals surface area contributed by atoms with Crippen LogP contribution in [0.4, 0.5) is 0 Å². The lowest BCUT2D eigenvalue weighted by atomic mass is 9.50. The molecule has 2 aliphatic heterocycles. The second-order valence-corrected chi connectivity index (χ2v) is 7.04. The van der Waals surface area contributed by atoms with E-state index >= 15 is 0 Å². The zero-order valence-corrected chi connectivity index (χ0v) is 11.6. The third kappa shape index (κ3) is 1.38. The van der Waals surface area contributed by atoms with Crippen molar-refractivity contribution in [2.75, 3.05) is 13.1 Å². The molecule has 0 amide bonds. The first kappa shape index (κ1) is 12.1. The maximum absolute atomic E-state index is 12.6. The smallest absolute Gasteiger partial charge is 0.166 e. The first-order chi connectivity index (χ1) is 9.14.